The van der Waals surface area contributed by atoms with Crippen LogP contribution in [0.3, 0.4) is 0 Å². The number of nitrogens with zero attached hydrogens (tertiary/aromatic N) is 2. The molecule has 0 aliphatic heterocycles. The number of carbonyl (C=O) groups is 1. The van der Waals surface area contributed by atoms with Crippen LogP contribution in [0.4, 0.5) is 0 Å². The van der Waals surface area contributed by atoms with Gasteiger partial charge in [-0.1, -0.05) is 17.7 Å². The molecule has 1 amide bonds. The molecule has 2 rings (SSSR count). The van der Waals surface area contributed by atoms with E-state index in [1.54, 1.807) is 13.2 Å². The molecule has 0 aliphatic carbocycles. The average molecular weight is 396 g/mol. The molecule has 1 N–H and O–H groups in total. The molecule has 0 saturated heterocycles. The van der Waals surface area contributed by atoms with Crippen LogP contribution in [-0.2, 0) is 9.53 Å². The Morgan fingerprint density at radius 2 is 1.97 bits per heavy atom. The fourth-order valence-corrected chi connectivity index (χ4v) is 3.31. The standard InChI is InChI=1S/C23H29N3O3/c1-16-6-8-22(9-7-16)29-11-10-25-23(27)21(14-24)13-20-12-17(2)26(19(20)4)18(3)15-28-5/h6-9,12-13,18H,10-11,15H2,1-5H3,(H,25,27)/b21-13+. The van der Waals surface area contributed by atoms with E-state index in [9.17, 15) is 10.1 Å². The van der Waals surface area contributed by atoms with E-state index >= 15 is 0 Å². The molecule has 1 aromatic carbocycles. The Morgan fingerprint density at radius 3 is 2.59 bits per heavy atom. The largest absolute Gasteiger partial charge is 0.492 e. The minimum absolute atomic E-state index is 0.0694. The van der Waals surface area contributed by atoms with Crippen LogP contribution in [0.5, 0.6) is 5.75 Å². The molecule has 1 unspecified atom stereocenters. The molecule has 29 heavy (non-hydrogen) atoms. The second-order valence-electron chi connectivity index (χ2n) is 7.09. The number of carbonyl (C=O) groups excluding carboxylic acids is 1. The van der Waals surface area contributed by atoms with Gasteiger partial charge in [0.25, 0.3) is 5.91 Å². The van der Waals surface area contributed by atoms with Crippen molar-refractivity contribution in [2.45, 2.75) is 33.7 Å². The van der Waals surface area contributed by atoms with Crippen LogP contribution >= 0.6 is 0 Å². The number of ether oxygens (including phenoxy) is 2. The highest BCUT2D eigenvalue weighted by atomic mass is 16.5. The lowest BCUT2D eigenvalue weighted by atomic mass is 10.1. The highest BCUT2D eigenvalue weighted by molar-refractivity contribution is 6.01. The van der Waals surface area contributed by atoms with E-state index < -0.39 is 5.91 Å². The lowest BCUT2D eigenvalue weighted by Gasteiger charge is -2.17. The first-order valence-electron chi connectivity index (χ1n) is 9.64. The molecule has 1 atom stereocenters. The summed E-state index contributed by atoms with van der Waals surface area (Å²) in [6, 6.07) is 11.9. The van der Waals surface area contributed by atoms with Gasteiger partial charge >= 0.3 is 0 Å². The summed E-state index contributed by atoms with van der Waals surface area (Å²) in [6.07, 6.45) is 1.63. The number of aromatic nitrogens is 1. The molecule has 1 heterocycles. The van der Waals surface area contributed by atoms with E-state index in [1.807, 2.05) is 57.2 Å². The van der Waals surface area contributed by atoms with Gasteiger partial charge in [-0.25, -0.2) is 0 Å². The topological polar surface area (TPSA) is 76.3 Å². The Labute approximate surface area is 172 Å². The van der Waals surface area contributed by atoms with Crippen LogP contribution < -0.4 is 10.1 Å². The first-order chi connectivity index (χ1) is 13.9. The third-order valence-electron chi connectivity index (χ3n) is 4.71. The Hall–Kier alpha value is -3.04. The summed E-state index contributed by atoms with van der Waals surface area (Å²) in [6.45, 7) is 9.30. The summed E-state index contributed by atoms with van der Waals surface area (Å²) >= 11 is 0. The zero-order valence-electron chi connectivity index (χ0n) is 17.8. The zero-order valence-corrected chi connectivity index (χ0v) is 17.8. The Bertz CT molecular complexity index is 905. The van der Waals surface area contributed by atoms with Gasteiger partial charge in [-0.2, -0.15) is 5.26 Å². The number of amides is 1. The quantitative estimate of drug-likeness (QED) is 0.399. The minimum atomic E-state index is -0.408. The SMILES string of the molecule is COCC(C)n1c(C)cc(/C=C(\C#N)C(=O)NCCOc2ccc(C)cc2)c1C. The maximum absolute atomic E-state index is 12.4. The molecule has 6 heteroatoms. The Morgan fingerprint density at radius 1 is 1.28 bits per heavy atom. The van der Waals surface area contributed by atoms with Gasteiger partial charge in [-0.05, 0) is 57.5 Å². The molecule has 0 aliphatic rings. The van der Waals surface area contributed by atoms with Crippen molar-refractivity contribution >= 4 is 12.0 Å². The lowest BCUT2D eigenvalue weighted by Crippen LogP contribution is -2.29. The predicted molar refractivity (Wildman–Crippen MR) is 114 cm³/mol. The van der Waals surface area contributed by atoms with Crippen molar-refractivity contribution in [1.29, 1.82) is 5.26 Å². The van der Waals surface area contributed by atoms with Gasteiger partial charge in [0.1, 0.15) is 24.0 Å². The maximum Gasteiger partial charge on any atom is 0.262 e. The zero-order chi connectivity index (χ0) is 21.4. The molecule has 0 saturated carbocycles. The van der Waals surface area contributed by atoms with Crippen LogP contribution in [0.2, 0.25) is 0 Å². The van der Waals surface area contributed by atoms with Crippen molar-refractivity contribution in [3.05, 3.63) is 58.4 Å². The van der Waals surface area contributed by atoms with Gasteiger partial charge in [0.15, 0.2) is 0 Å². The molecular weight excluding hydrogens is 366 g/mol. The number of nitrogens with one attached hydrogen (secondary N) is 1. The van der Waals surface area contributed by atoms with E-state index in [1.165, 1.54) is 0 Å². The Kier molecular flexibility index (Phi) is 8.05. The predicted octanol–water partition coefficient (Wildman–Crippen LogP) is 3.72. The number of hydrogen-bond donors (Lipinski definition) is 1. The fourth-order valence-electron chi connectivity index (χ4n) is 3.31. The molecule has 0 fully saturated rings. The van der Waals surface area contributed by atoms with Crippen LogP contribution in [0.1, 0.15) is 35.5 Å². The van der Waals surface area contributed by atoms with E-state index in [2.05, 4.69) is 16.8 Å². The van der Waals surface area contributed by atoms with E-state index in [0.717, 1.165) is 28.3 Å². The molecule has 0 spiro atoms. The van der Waals surface area contributed by atoms with Crippen LogP contribution in [0.15, 0.2) is 35.9 Å². The summed E-state index contributed by atoms with van der Waals surface area (Å²) in [7, 11) is 1.67. The van der Waals surface area contributed by atoms with Crippen molar-refractivity contribution < 1.29 is 14.3 Å². The molecule has 154 valence electrons. The number of benzene rings is 1. The maximum atomic E-state index is 12.4. The highest BCUT2D eigenvalue weighted by Crippen LogP contribution is 2.22. The van der Waals surface area contributed by atoms with Gasteiger partial charge in [-0.15, -0.1) is 0 Å². The third-order valence-corrected chi connectivity index (χ3v) is 4.71. The van der Waals surface area contributed by atoms with Gasteiger partial charge in [-0.3, -0.25) is 4.79 Å². The van der Waals surface area contributed by atoms with Crippen LogP contribution in [-0.4, -0.2) is 37.3 Å². The number of methoxy groups -OCH3 is 1. The molecular formula is C23H29N3O3. The molecule has 0 radical (unpaired) electrons. The first kappa shape index (κ1) is 22.3. The lowest BCUT2D eigenvalue weighted by molar-refractivity contribution is -0.117. The number of nitriles is 1. The second-order valence-corrected chi connectivity index (χ2v) is 7.09. The van der Waals surface area contributed by atoms with Gasteiger partial charge in [0, 0.05) is 18.5 Å². The summed E-state index contributed by atoms with van der Waals surface area (Å²) in [4.78, 5) is 12.4. The van der Waals surface area contributed by atoms with Crippen LogP contribution in [0.25, 0.3) is 6.08 Å². The summed E-state index contributed by atoms with van der Waals surface area (Å²) in [5, 5.41) is 12.2. The van der Waals surface area contributed by atoms with Gasteiger partial charge < -0.3 is 19.4 Å². The minimum Gasteiger partial charge on any atom is -0.492 e. The van der Waals surface area contributed by atoms with Crippen molar-refractivity contribution in [2.24, 2.45) is 0 Å². The second kappa shape index (κ2) is 10.5. The highest BCUT2D eigenvalue weighted by Gasteiger charge is 2.15. The van der Waals surface area contributed by atoms with Gasteiger partial charge in [0.05, 0.1) is 19.2 Å². The summed E-state index contributed by atoms with van der Waals surface area (Å²) in [5.74, 6) is 0.341. The molecule has 2 aromatic rings. The number of hydrogen-bond acceptors (Lipinski definition) is 4. The third kappa shape index (κ3) is 5.97. The molecule has 6 nitrogen and oxygen atoms in total. The monoisotopic (exact) mass is 395 g/mol. The summed E-state index contributed by atoms with van der Waals surface area (Å²) < 4.78 is 13.0. The van der Waals surface area contributed by atoms with Crippen molar-refractivity contribution in [3.8, 4) is 11.8 Å². The van der Waals surface area contributed by atoms with E-state index in [-0.39, 0.29) is 11.6 Å². The van der Waals surface area contributed by atoms with E-state index in [4.69, 9.17) is 9.47 Å². The van der Waals surface area contributed by atoms with E-state index in [0.29, 0.717) is 19.8 Å². The van der Waals surface area contributed by atoms with Crippen molar-refractivity contribution in [3.63, 3.8) is 0 Å². The smallest absolute Gasteiger partial charge is 0.262 e. The summed E-state index contributed by atoms with van der Waals surface area (Å²) in [5.41, 5.74) is 4.14. The van der Waals surface area contributed by atoms with Crippen LogP contribution in [0, 0.1) is 32.1 Å². The normalized spacial score (nSPS) is 12.3. The Balaban J connectivity index is 2.00. The molecule has 0 bridgehead atoms. The van der Waals surface area contributed by atoms with Gasteiger partial charge in [0.2, 0.25) is 0 Å². The fraction of sp³-hybridized carbons (Fsp3) is 0.391. The first-order valence-corrected chi connectivity index (χ1v) is 9.64. The average Bonchev–Trinajstić information content (AvgIpc) is 2.97. The molecule has 1 aromatic heterocycles. The van der Waals surface area contributed by atoms with Crippen molar-refractivity contribution in [2.75, 3.05) is 26.9 Å². The number of rotatable bonds is 9. The van der Waals surface area contributed by atoms with Crippen molar-refractivity contribution in [1.82, 2.24) is 9.88 Å². The number of aryl methyl sites for hydroxylation is 2.